The van der Waals surface area contributed by atoms with Crippen molar-refractivity contribution in [2.75, 3.05) is 20.8 Å². The molecule has 2 aromatic rings. The Labute approximate surface area is 183 Å². The smallest absolute Gasteiger partial charge is 0.315 e. The topological polar surface area (TPSA) is 64.0 Å². The summed E-state index contributed by atoms with van der Waals surface area (Å²) in [4.78, 5) is 13.6. The molecule has 168 valence electrons. The van der Waals surface area contributed by atoms with E-state index in [2.05, 4.69) is 10.6 Å². The normalized spacial score (nSPS) is 18.8. The number of fused-ring (bicyclic) bond motifs is 1. The van der Waals surface area contributed by atoms with Crippen LogP contribution in [-0.4, -0.2) is 38.9 Å². The Balaban J connectivity index is 1.97. The van der Waals surface area contributed by atoms with Crippen molar-refractivity contribution in [1.82, 2.24) is 10.6 Å². The fraction of sp³-hybridized carbons (Fsp3) is 0.458. The van der Waals surface area contributed by atoms with E-state index in [-0.39, 0.29) is 30.0 Å². The number of benzene rings is 2. The molecule has 7 heteroatoms. The highest BCUT2D eigenvalue weighted by Crippen LogP contribution is 2.35. The van der Waals surface area contributed by atoms with Crippen LogP contribution in [0.15, 0.2) is 36.4 Å². The van der Waals surface area contributed by atoms with Gasteiger partial charge in [-0.05, 0) is 44.5 Å². The molecule has 3 atom stereocenters. The molecule has 1 unspecified atom stereocenters. The van der Waals surface area contributed by atoms with Crippen LogP contribution in [0.25, 0.3) is 0 Å². The monoisotopic (exact) mass is 430 g/mol. The van der Waals surface area contributed by atoms with Crippen LogP contribution in [0.4, 0.5) is 9.18 Å². The Kier molecular flexibility index (Phi) is 7.38. The highest BCUT2D eigenvalue weighted by atomic mass is 19.1. The third kappa shape index (κ3) is 5.28. The van der Waals surface area contributed by atoms with Crippen LogP contribution in [0.5, 0.6) is 11.5 Å². The van der Waals surface area contributed by atoms with Gasteiger partial charge in [0.1, 0.15) is 18.4 Å². The van der Waals surface area contributed by atoms with Gasteiger partial charge in [-0.15, -0.1) is 0 Å². The molecule has 1 aliphatic heterocycles. The van der Waals surface area contributed by atoms with Crippen LogP contribution >= 0.6 is 0 Å². The van der Waals surface area contributed by atoms with Crippen molar-refractivity contribution in [2.45, 2.75) is 51.9 Å². The van der Waals surface area contributed by atoms with Crippen LogP contribution in [0.2, 0.25) is 0 Å². The first kappa shape index (κ1) is 22.9. The van der Waals surface area contributed by atoms with Crippen LogP contribution in [-0.2, 0) is 13.0 Å². The first-order valence-corrected chi connectivity index (χ1v) is 10.7. The van der Waals surface area contributed by atoms with Gasteiger partial charge >= 0.3 is 6.03 Å². The standard InChI is InChI=1S/C24H32FN3O3/c1-15(2)26-24(29)27-16(3)23-19-13-22(31-5)21(30-4)12-17(19)10-11-28(23)14-18-8-6-7-9-20(18)25/h6-9,12-13,15-16,23H,10-11,14H2,1-5H3,(H2,26,27,29)/p+1/t16-,23-/m0/s1. The van der Waals surface area contributed by atoms with E-state index >= 15 is 0 Å². The van der Waals surface area contributed by atoms with Crippen molar-refractivity contribution in [3.8, 4) is 11.5 Å². The predicted octanol–water partition coefficient (Wildman–Crippen LogP) is 2.62. The average molecular weight is 431 g/mol. The molecular formula is C24H33FN3O3+. The second-order valence-electron chi connectivity index (χ2n) is 8.37. The summed E-state index contributed by atoms with van der Waals surface area (Å²) in [6.07, 6.45) is 0.834. The maximum atomic E-state index is 14.4. The van der Waals surface area contributed by atoms with Gasteiger partial charge in [0.2, 0.25) is 0 Å². The Bertz CT molecular complexity index is 919. The zero-order chi connectivity index (χ0) is 22.5. The maximum Gasteiger partial charge on any atom is 0.315 e. The van der Waals surface area contributed by atoms with Crippen LogP contribution in [0.3, 0.4) is 0 Å². The van der Waals surface area contributed by atoms with Gasteiger partial charge in [0, 0.05) is 23.6 Å². The van der Waals surface area contributed by atoms with Crippen molar-refractivity contribution >= 4 is 6.03 Å². The SMILES string of the molecule is COc1cc2c(cc1OC)[C@H]([C@H](C)NC(=O)NC(C)C)[NH+](Cc1ccccc1F)CC2. The summed E-state index contributed by atoms with van der Waals surface area (Å²) in [5, 5.41) is 5.97. The summed E-state index contributed by atoms with van der Waals surface area (Å²) in [6.45, 7) is 7.19. The van der Waals surface area contributed by atoms with Gasteiger partial charge in [0.15, 0.2) is 11.5 Å². The third-order valence-electron chi connectivity index (χ3n) is 5.79. The van der Waals surface area contributed by atoms with Gasteiger partial charge in [0.05, 0.1) is 26.8 Å². The molecule has 1 aliphatic rings. The largest absolute Gasteiger partial charge is 0.493 e. The minimum atomic E-state index is -0.208. The minimum Gasteiger partial charge on any atom is -0.493 e. The summed E-state index contributed by atoms with van der Waals surface area (Å²) in [6, 6.07) is 10.5. The second kappa shape index (κ2) is 10.0. The Morgan fingerprint density at radius 3 is 2.45 bits per heavy atom. The lowest BCUT2D eigenvalue weighted by molar-refractivity contribution is -0.948. The zero-order valence-corrected chi connectivity index (χ0v) is 18.9. The number of carbonyl (C=O) groups is 1. The Morgan fingerprint density at radius 2 is 1.81 bits per heavy atom. The first-order valence-electron chi connectivity index (χ1n) is 10.7. The average Bonchev–Trinajstić information content (AvgIpc) is 2.73. The lowest BCUT2D eigenvalue weighted by Gasteiger charge is -2.38. The van der Waals surface area contributed by atoms with Crippen molar-refractivity contribution in [1.29, 1.82) is 0 Å². The highest BCUT2D eigenvalue weighted by Gasteiger charge is 2.37. The number of methoxy groups -OCH3 is 2. The lowest BCUT2D eigenvalue weighted by atomic mass is 9.87. The molecule has 0 radical (unpaired) electrons. The summed E-state index contributed by atoms with van der Waals surface area (Å²) < 4.78 is 25.4. The number of nitrogens with one attached hydrogen (secondary N) is 3. The molecule has 0 saturated carbocycles. The number of halogens is 1. The van der Waals surface area contributed by atoms with E-state index in [0.717, 1.165) is 24.1 Å². The van der Waals surface area contributed by atoms with Crippen molar-refractivity contribution in [3.05, 3.63) is 58.9 Å². The van der Waals surface area contributed by atoms with Gasteiger partial charge in [0.25, 0.3) is 0 Å². The van der Waals surface area contributed by atoms with E-state index in [9.17, 15) is 9.18 Å². The van der Waals surface area contributed by atoms with E-state index in [1.807, 2.05) is 45.0 Å². The fourth-order valence-corrected chi connectivity index (χ4v) is 4.42. The summed E-state index contributed by atoms with van der Waals surface area (Å²) in [7, 11) is 3.24. The number of hydrogen-bond acceptors (Lipinski definition) is 3. The van der Waals surface area contributed by atoms with Crippen molar-refractivity contribution in [2.24, 2.45) is 0 Å². The number of hydrogen-bond donors (Lipinski definition) is 3. The molecule has 0 bridgehead atoms. The summed E-state index contributed by atoms with van der Waals surface area (Å²) >= 11 is 0. The lowest BCUT2D eigenvalue weighted by Crippen LogP contribution is -3.13. The third-order valence-corrected chi connectivity index (χ3v) is 5.79. The van der Waals surface area contributed by atoms with Crippen LogP contribution < -0.4 is 25.0 Å². The van der Waals surface area contributed by atoms with E-state index < -0.39 is 0 Å². The molecule has 31 heavy (non-hydrogen) atoms. The fourth-order valence-electron chi connectivity index (χ4n) is 4.42. The number of rotatable bonds is 7. The van der Waals surface area contributed by atoms with Gasteiger partial charge in [-0.25, -0.2) is 9.18 Å². The molecule has 3 N–H and O–H groups in total. The number of carbonyl (C=O) groups excluding carboxylic acids is 1. The van der Waals surface area contributed by atoms with E-state index in [4.69, 9.17) is 9.47 Å². The van der Waals surface area contributed by atoms with E-state index in [1.165, 1.54) is 11.0 Å². The molecule has 1 heterocycles. The summed E-state index contributed by atoms with van der Waals surface area (Å²) in [5.74, 6) is 1.14. The molecule has 2 amide bonds. The van der Waals surface area contributed by atoms with Crippen molar-refractivity contribution < 1.29 is 23.6 Å². The number of urea groups is 1. The van der Waals surface area contributed by atoms with Gasteiger partial charge in [-0.1, -0.05) is 18.2 Å². The molecule has 0 aromatic heterocycles. The Hall–Kier alpha value is -2.80. The van der Waals surface area contributed by atoms with Gasteiger partial charge < -0.3 is 25.0 Å². The minimum absolute atomic E-state index is 0.0389. The highest BCUT2D eigenvalue weighted by molar-refractivity contribution is 5.74. The molecule has 0 saturated heterocycles. The molecular weight excluding hydrogens is 397 g/mol. The molecule has 0 aliphatic carbocycles. The molecule has 2 aromatic carbocycles. The van der Waals surface area contributed by atoms with Gasteiger partial charge in [-0.2, -0.15) is 0 Å². The van der Waals surface area contributed by atoms with Crippen LogP contribution in [0.1, 0.15) is 43.5 Å². The van der Waals surface area contributed by atoms with Crippen LogP contribution in [0, 0.1) is 5.82 Å². The van der Waals surface area contributed by atoms with Gasteiger partial charge in [-0.3, -0.25) is 0 Å². The molecule has 0 spiro atoms. The molecule has 6 nitrogen and oxygen atoms in total. The number of ether oxygens (including phenoxy) is 2. The van der Waals surface area contributed by atoms with E-state index in [1.54, 1.807) is 20.3 Å². The van der Waals surface area contributed by atoms with Crippen molar-refractivity contribution in [3.63, 3.8) is 0 Å². The zero-order valence-electron chi connectivity index (χ0n) is 18.9. The first-order chi connectivity index (χ1) is 14.8. The predicted molar refractivity (Wildman–Crippen MR) is 118 cm³/mol. The maximum absolute atomic E-state index is 14.4. The van der Waals surface area contributed by atoms with E-state index in [0.29, 0.717) is 23.6 Å². The second-order valence-corrected chi connectivity index (χ2v) is 8.37. The number of quaternary nitrogens is 1. The Morgan fingerprint density at radius 1 is 1.13 bits per heavy atom. The summed E-state index contributed by atoms with van der Waals surface area (Å²) in [5.41, 5.74) is 2.93. The quantitative estimate of drug-likeness (QED) is 0.633. The molecule has 3 rings (SSSR count). The molecule has 0 fully saturated rings. The number of amides is 2.